The SMILES string of the molecule is Cc1csc(SCc2ccccc2C(=O)OC(C)C(=O)Nc2ccc(S(N)(=O)=O)cc2)n1. The quantitative estimate of drug-likeness (QED) is 0.364. The molecule has 11 heteroatoms. The van der Waals surface area contributed by atoms with Gasteiger partial charge >= 0.3 is 5.97 Å². The summed E-state index contributed by atoms with van der Waals surface area (Å²) in [6.07, 6.45) is -1.07. The molecule has 0 radical (unpaired) electrons. The monoisotopic (exact) mass is 491 g/mol. The average Bonchev–Trinajstić information content (AvgIpc) is 3.17. The average molecular weight is 492 g/mol. The van der Waals surface area contributed by atoms with Crippen LogP contribution in [0, 0.1) is 6.92 Å². The number of primary sulfonamides is 1. The third-order valence-electron chi connectivity index (χ3n) is 4.29. The number of benzene rings is 2. The van der Waals surface area contributed by atoms with Gasteiger partial charge in [-0.3, -0.25) is 4.79 Å². The predicted molar refractivity (Wildman–Crippen MR) is 124 cm³/mol. The minimum absolute atomic E-state index is 0.0719. The highest BCUT2D eigenvalue weighted by Gasteiger charge is 2.21. The summed E-state index contributed by atoms with van der Waals surface area (Å²) in [7, 11) is -3.82. The number of anilines is 1. The Balaban J connectivity index is 1.62. The van der Waals surface area contributed by atoms with E-state index in [-0.39, 0.29) is 4.90 Å². The summed E-state index contributed by atoms with van der Waals surface area (Å²) in [5.74, 6) is -0.620. The highest BCUT2D eigenvalue weighted by molar-refractivity contribution is 8.00. The molecule has 0 bridgehead atoms. The molecule has 0 saturated carbocycles. The van der Waals surface area contributed by atoms with Crippen LogP contribution in [0.1, 0.15) is 28.5 Å². The van der Waals surface area contributed by atoms with Crippen LogP contribution in [-0.4, -0.2) is 31.4 Å². The van der Waals surface area contributed by atoms with Gasteiger partial charge in [-0.05, 0) is 49.7 Å². The lowest BCUT2D eigenvalue weighted by Gasteiger charge is -2.15. The zero-order chi connectivity index (χ0) is 23.3. The smallest absolute Gasteiger partial charge is 0.339 e. The molecule has 32 heavy (non-hydrogen) atoms. The lowest BCUT2D eigenvalue weighted by atomic mass is 10.1. The number of sulfonamides is 1. The number of esters is 1. The van der Waals surface area contributed by atoms with E-state index in [1.54, 1.807) is 23.5 Å². The van der Waals surface area contributed by atoms with Crippen molar-refractivity contribution in [2.75, 3.05) is 5.32 Å². The molecule has 0 fully saturated rings. The largest absolute Gasteiger partial charge is 0.449 e. The molecule has 1 unspecified atom stereocenters. The fourth-order valence-electron chi connectivity index (χ4n) is 2.63. The third-order valence-corrected chi connectivity index (χ3v) is 7.41. The number of aryl methyl sites for hydroxylation is 1. The molecule has 168 valence electrons. The van der Waals surface area contributed by atoms with Gasteiger partial charge in [0.15, 0.2) is 6.10 Å². The van der Waals surface area contributed by atoms with E-state index < -0.39 is 28.0 Å². The van der Waals surface area contributed by atoms with Gasteiger partial charge in [-0.1, -0.05) is 30.0 Å². The van der Waals surface area contributed by atoms with Crippen molar-refractivity contribution in [3.8, 4) is 0 Å². The Labute approximate surface area is 194 Å². The zero-order valence-corrected chi connectivity index (χ0v) is 19.7. The van der Waals surface area contributed by atoms with Crippen molar-refractivity contribution in [2.24, 2.45) is 5.14 Å². The molecular formula is C21H21N3O5S3. The van der Waals surface area contributed by atoms with Crippen molar-refractivity contribution in [1.29, 1.82) is 0 Å². The van der Waals surface area contributed by atoms with E-state index in [1.807, 2.05) is 24.4 Å². The van der Waals surface area contributed by atoms with Crippen LogP contribution in [0.5, 0.6) is 0 Å². The summed E-state index contributed by atoms with van der Waals surface area (Å²) in [6, 6.07) is 12.4. The Morgan fingerprint density at radius 1 is 1.19 bits per heavy atom. The van der Waals surface area contributed by atoms with E-state index in [0.717, 1.165) is 15.6 Å². The van der Waals surface area contributed by atoms with Crippen molar-refractivity contribution in [1.82, 2.24) is 4.98 Å². The summed E-state index contributed by atoms with van der Waals surface area (Å²) in [6.45, 7) is 3.38. The number of thioether (sulfide) groups is 1. The molecule has 3 rings (SSSR count). The molecule has 1 heterocycles. The number of ether oxygens (including phenoxy) is 1. The molecular weight excluding hydrogens is 470 g/mol. The highest BCUT2D eigenvalue weighted by atomic mass is 32.2. The van der Waals surface area contributed by atoms with E-state index in [9.17, 15) is 18.0 Å². The Kier molecular flexibility index (Phi) is 7.67. The molecule has 3 aromatic rings. The van der Waals surface area contributed by atoms with Gasteiger partial charge in [0, 0.05) is 22.5 Å². The summed E-state index contributed by atoms with van der Waals surface area (Å²) in [5, 5.41) is 9.60. The molecule has 0 aliphatic heterocycles. The number of hydrogen-bond donors (Lipinski definition) is 2. The molecule has 8 nitrogen and oxygen atoms in total. The lowest BCUT2D eigenvalue weighted by molar-refractivity contribution is -0.123. The second-order valence-electron chi connectivity index (χ2n) is 6.81. The van der Waals surface area contributed by atoms with Gasteiger partial charge in [0.25, 0.3) is 5.91 Å². The maximum atomic E-state index is 12.7. The lowest BCUT2D eigenvalue weighted by Crippen LogP contribution is -2.30. The van der Waals surface area contributed by atoms with Gasteiger partial charge in [0.1, 0.15) is 4.34 Å². The number of nitrogens with two attached hydrogens (primary N) is 1. The third kappa shape index (κ3) is 6.39. The van der Waals surface area contributed by atoms with Crippen molar-refractivity contribution >= 4 is 50.7 Å². The number of amides is 1. The summed E-state index contributed by atoms with van der Waals surface area (Å²) < 4.78 is 28.9. The van der Waals surface area contributed by atoms with Crippen LogP contribution in [0.25, 0.3) is 0 Å². The van der Waals surface area contributed by atoms with Gasteiger partial charge in [0.05, 0.1) is 10.5 Å². The minimum atomic E-state index is -3.82. The van der Waals surface area contributed by atoms with Crippen LogP contribution in [0.2, 0.25) is 0 Å². The maximum Gasteiger partial charge on any atom is 0.339 e. The highest BCUT2D eigenvalue weighted by Crippen LogP contribution is 2.27. The molecule has 1 aromatic heterocycles. The first-order valence-corrected chi connectivity index (χ1v) is 12.8. The molecule has 0 spiro atoms. The number of rotatable bonds is 8. The molecule has 0 aliphatic rings. The number of thiazole rings is 1. The number of hydrogen-bond acceptors (Lipinski definition) is 8. The van der Waals surface area contributed by atoms with Crippen molar-refractivity contribution < 1.29 is 22.7 Å². The first-order valence-electron chi connectivity index (χ1n) is 9.41. The fraction of sp³-hybridized carbons (Fsp3) is 0.190. The van der Waals surface area contributed by atoms with Gasteiger partial charge in [-0.15, -0.1) is 11.3 Å². The Hall–Kier alpha value is -2.73. The van der Waals surface area contributed by atoms with E-state index in [0.29, 0.717) is 17.0 Å². The van der Waals surface area contributed by atoms with Crippen LogP contribution in [0.15, 0.2) is 63.1 Å². The molecule has 0 saturated heterocycles. The van der Waals surface area contributed by atoms with Crippen LogP contribution >= 0.6 is 23.1 Å². The van der Waals surface area contributed by atoms with Gasteiger partial charge in [-0.2, -0.15) is 0 Å². The second kappa shape index (κ2) is 10.3. The molecule has 2 aromatic carbocycles. The summed E-state index contributed by atoms with van der Waals surface area (Å²) >= 11 is 3.07. The molecule has 0 aliphatic carbocycles. The van der Waals surface area contributed by atoms with Gasteiger partial charge < -0.3 is 10.1 Å². The standard InChI is InChI=1S/C21H21N3O5S3/c1-13-11-30-21(23-13)31-12-15-5-3-4-6-18(15)20(26)29-14(2)19(25)24-16-7-9-17(10-8-16)32(22,27)28/h3-11,14H,12H2,1-2H3,(H,24,25)(H2,22,27,28). The number of nitrogens with zero attached hydrogens (tertiary/aromatic N) is 1. The molecule has 1 atom stereocenters. The number of carbonyl (C=O) groups is 2. The first-order chi connectivity index (χ1) is 15.1. The minimum Gasteiger partial charge on any atom is -0.449 e. The zero-order valence-electron chi connectivity index (χ0n) is 17.3. The van der Waals surface area contributed by atoms with Crippen molar-refractivity contribution in [3.63, 3.8) is 0 Å². The molecule has 3 N–H and O–H groups in total. The van der Waals surface area contributed by atoms with Crippen LogP contribution in [0.3, 0.4) is 0 Å². The van der Waals surface area contributed by atoms with E-state index in [1.165, 1.54) is 43.0 Å². The van der Waals surface area contributed by atoms with E-state index >= 15 is 0 Å². The van der Waals surface area contributed by atoms with Crippen LogP contribution in [-0.2, 0) is 25.3 Å². The van der Waals surface area contributed by atoms with Crippen LogP contribution in [0.4, 0.5) is 5.69 Å². The van der Waals surface area contributed by atoms with Gasteiger partial charge in [-0.25, -0.2) is 23.3 Å². The predicted octanol–water partition coefficient (Wildman–Crippen LogP) is 3.58. The van der Waals surface area contributed by atoms with E-state index in [4.69, 9.17) is 9.88 Å². The maximum absolute atomic E-state index is 12.7. The Morgan fingerprint density at radius 2 is 1.88 bits per heavy atom. The van der Waals surface area contributed by atoms with E-state index in [2.05, 4.69) is 10.3 Å². The first kappa shape index (κ1) is 23.9. The van der Waals surface area contributed by atoms with Crippen molar-refractivity contribution in [2.45, 2.75) is 34.9 Å². The van der Waals surface area contributed by atoms with Crippen LogP contribution < -0.4 is 10.5 Å². The fourth-order valence-corrected chi connectivity index (χ4v) is 5.00. The van der Waals surface area contributed by atoms with Crippen molar-refractivity contribution in [3.05, 3.63) is 70.7 Å². The summed E-state index contributed by atoms with van der Waals surface area (Å²) in [5.41, 5.74) is 2.46. The van der Waals surface area contributed by atoms with Gasteiger partial charge in [0.2, 0.25) is 10.0 Å². The Morgan fingerprint density at radius 3 is 2.50 bits per heavy atom. The number of carbonyl (C=O) groups excluding carboxylic acids is 2. The Bertz CT molecular complexity index is 1220. The topological polar surface area (TPSA) is 128 Å². The molecule has 1 amide bonds. The second-order valence-corrected chi connectivity index (χ2v) is 10.4. The summed E-state index contributed by atoms with van der Waals surface area (Å²) in [4.78, 5) is 29.4. The number of aromatic nitrogens is 1. The normalized spacial score (nSPS) is 12.2. The number of nitrogens with one attached hydrogen (secondary N) is 1.